The zero-order valence-corrected chi connectivity index (χ0v) is 6.55. The Morgan fingerprint density at radius 1 is 1.38 bits per heavy atom. The summed E-state index contributed by atoms with van der Waals surface area (Å²) in [6.07, 6.45) is -0.504. The molecule has 3 nitrogen and oxygen atoms in total. The first-order valence-corrected chi connectivity index (χ1v) is 3.46. The number of hydrogen-bond donors (Lipinski definition) is 2. The number of halogens is 2. The molecule has 0 radical (unpaired) electrons. The summed E-state index contributed by atoms with van der Waals surface area (Å²) in [5.41, 5.74) is 4.76. The Kier molecular flexibility index (Phi) is 2.46. The number of anilines is 1. The van der Waals surface area contributed by atoms with Gasteiger partial charge in [-0.1, -0.05) is 0 Å². The van der Waals surface area contributed by atoms with E-state index in [-0.39, 0.29) is 11.3 Å². The topological polar surface area (TPSA) is 63.3 Å². The molecule has 0 heterocycles. The highest BCUT2D eigenvalue weighted by molar-refractivity contribution is 5.70. The van der Waals surface area contributed by atoms with E-state index in [0.29, 0.717) is 6.07 Å². The van der Waals surface area contributed by atoms with Gasteiger partial charge in [0.25, 0.3) is 0 Å². The maximum absolute atomic E-state index is 12.8. The van der Waals surface area contributed by atoms with E-state index in [9.17, 15) is 13.6 Å². The van der Waals surface area contributed by atoms with E-state index in [1.54, 1.807) is 0 Å². The fraction of sp³-hybridized carbons (Fsp3) is 0.125. The summed E-state index contributed by atoms with van der Waals surface area (Å²) in [6.45, 7) is 0. The van der Waals surface area contributed by atoms with Crippen LogP contribution in [0.15, 0.2) is 12.1 Å². The van der Waals surface area contributed by atoms with Gasteiger partial charge >= 0.3 is 5.97 Å². The van der Waals surface area contributed by atoms with E-state index in [0.717, 1.165) is 6.07 Å². The summed E-state index contributed by atoms with van der Waals surface area (Å²) >= 11 is 0. The maximum atomic E-state index is 12.8. The minimum absolute atomic E-state index is 0.119. The SMILES string of the molecule is Nc1cc(CC(=O)O)c(F)cc1F. The standard InChI is InChI=1S/C8H7F2NO2/c9-5-3-6(10)7(11)1-4(5)2-8(12)13/h1,3H,2,11H2,(H,12,13). The van der Waals surface area contributed by atoms with Gasteiger partial charge in [-0.2, -0.15) is 0 Å². The zero-order valence-electron chi connectivity index (χ0n) is 6.55. The van der Waals surface area contributed by atoms with Gasteiger partial charge in [-0.15, -0.1) is 0 Å². The maximum Gasteiger partial charge on any atom is 0.307 e. The van der Waals surface area contributed by atoms with Gasteiger partial charge in [-0.05, 0) is 6.07 Å². The second kappa shape index (κ2) is 3.38. The van der Waals surface area contributed by atoms with Crippen LogP contribution in [0, 0.1) is 11.6 Å². The van der Waals surface area contributed by atoms with Crippen LogP contribution in [0.25, 0.3) is 0 Å². The lowest BCUT2D eigenvalue weighted by Gasteiger charge is -2.02. The Morgan fingerprint density at radius 2 is 2.00 bits per heavy atom. The molecule has 0 aliphatic rings. The first-order chi connectivity index (χ1) is 6.00. The molecule has 1 aromatic rings. The highest BCUT2D eigenvalue weighted by atomic mass is 19.1. The van der Waals surface area contributed by atoms with Crippen molar-refractivity contribution in [1.29, 1.82) is 0 Å². The van der Waals surface area contributed by atoms with Crippen molar-refractivity contribution in [2.45, 2.75) is 6.42 Å². The quantitative estimate of drug-likeness (QED) is 0.683. The third-order valence-electron chi connectivity index (χ3n) is 1.51. The Balaban J connectivity index is 3.08. The molecule has 0 aliphatic carbocycles. The van der Waals surface area contributed by atoms with E-state index in [4.69, 9.17) is 10.8 Å². The van der Waals surface area contributed by atoms with Crippen molar-refractivity contribution >= 4 is 11.7 Å². The van der Waals surface area contributed by atoms with E-state index in [1.807, 2.05) is 0 Å². The van der Waals surface area contributed by atoms with Gasteiger partial charge in [0.1, 0.15) is 11.6 Å². The third kappa shape index (κ3) is 2.14. The minimum Gasteiger partial charge on any atom is -0.481 e. The van der Waals surface area contributed by atoms with Gasteiger partial charge < -0.3 is 10.8 Å². The van der Waals surface area contributed by atoms with Crippen molar-refractivity contribution < 1.29 is 18.7 Å². The molecule has 0 amide bonds. The molecule has 13 heavy (non-hydrogen) atoms. The summed E-state index contributed by atoms with van der Waals surface area (Å²) in [5, 5.41) is 8.35. The molecule has 0 spiro atoms. The molecule has 70 valence electrons. The monoisotopic (exact) mass is 187 g/mol. The first-order valence-electron chi connectivity index (χ1n) is 3.46. The number of rotatable bonds is 2. The van der Waals surface area contributed by atoms with Crippen molar-refractivity contribution in [1.82, 2.24) is 0 Å². The number of carboxylic acids is 1. The average molecular weight is 187 g/mol. The molecular weight excluding hydrogens is 180 g/mol. The molecule has 0 aromatic heterocycles. The Morgan fingerprint density at radius 3 is 2.54 bits per heavy atom. The second-order valence-electron chi connectivity index (χ2n) is 2.54. The van der Waals surface area contributed by atoms with E-state index in [2.05, 4.69) is 0 Å². The molecule has 0 saturated heterocycles. The van der Waals surface area contributed by atoms with Gasteiger partial charge in [0.15, 0.2) is 0 Å². The average Bonchev–Trinajstić information content (AvgIpc) is 1.99. The van der Waals surface area contributed by atoms with Crippen LogP contribution in [0.1, 0.15) is 5.56 Å². The lowest BCUT2D eigenvalue weighted by Crippen LogP contribution is -2.04. The first kappa shape index (κ1) is 9.44. The molecule has 5 heteroatoms. The molecule has 0 saturated carbocycles. The summed E-state index contributed by atoms with van der Waals surface area (Å²) < 4.78 is 25.4. The van der Waals surface area contributed by atoms with Crippen molar-refractivity contribution in [2.24, 2.45) is 0 Å². The van der Waals surface area contributed by atoms with E-state index >= 15 is 0 Å². The van der Waals surface area contributed by atoms with Crippen LogP contribution in [0.2, 0.25) is 0 Å². The molecule has 1 rings (SSSR count). The van der Waals surface area contributed by atoms with Gasteiger partial charge in [0, 0.05) is 11.6 Å². The Hall–Kier alpha value is -1.65. The van der Waals surface area contributed by atoms with Crippen molar-refractivity contribution in [3.63, 3.8) is 0 Å². The van der Waals surface area contributed by atoms with Crippen LogP contribution in [0.4, 0.5) is 14.5 Å². The third-order valence-corrected chi connectivity index (χ3v) is 1.51. The number of carboxylic acid groups (broad SMARTS) is 1. The second-order valence-corrected chi connectivity index (χ2v) is 2.54. The van der Waals surface area contributed by atoms with Gasteiger partial charge in [-0.25, -0.2) is 8.78 Å². The number of benzene rings is 1. The molecule has 0 aliphatic heterocycles. The van der Waals surface area contributed by atoms with Crippen LogP contribution in [-0.4, -0.2) is 11.1 Å². The number of nitrogens with two attached hydrogens (primary N) is 1. The van der Waals surface area contributed by atoms with Crippen LogP contribution in [0.5, 0.6) is 0 Å². The number of aliphatic carboxylic acids is 1. The molecule has 0 bridgehead atoms. The predicted molar refractivity (Wildman–Crippen MR) is 42.1 cm³/mol. The predicted octanol–water partition coefficient (Wildman–Crippen LogP) is 1.17. The van der Waals surface area contributed by atoms with Gasteiger partial charge in [0.2, 0.25) is 0 Å². The van der Waals surface area contributed by atoms with Crippen molar-refractivity contribution in [3.8, 4) is 0 Å². The van der Waals surface area contributed by atoms with E-state index in [1.165, 1.54) is 0 Å². The molecule has 0 atom stereocenters. The van der Waals surface area contributed by atoms with Crippen LogP contribution in [0.3, 0.4) is 0 Å². The lowest BCUT2D eigenvalue weighted by molar-refractivity contribution is -0.136. The number of carbonyl (C=O) groups is 1. The van der Waals surface area contributed by atoms with Crippen LogP contribution >= 0.6 is 0 Å². The van der Waals surface area contributed by atoms with Crippen LogP contribution < -0.4 is 5.73 Å². The van der Waals surface area contributed by atoms with Crippen LogP contribution in [-0.2, 0) is 11.2 Å². The normalized spacial score (nSPS) is 10.0. The Labute approximate surface area is 72.8 Å². The smallest absolute Gasteiger partial charge is 0.307 e. The van der Waals surface area contributed by atoms with Gasteiger partial charge in [-0.3, -0.25) is 4.79 Å². The molecule has 1 aromatic carbocycles. The number of hydrogen-bond acceptors (Lipinski definition) is 2. The molecule has 0 unspecified atom stereocenters. The number of nitrogen functional groups attached to an aromatic ring is 1. The van der Waals surface area contributed by atoms with Crippen molar-refractivity contribution in [2.75, 3.05) is 5.73 Å². The minimum atomic E-state index is -1.19. The van der Waals surface area contributed by atoms with Gasteiger partial charge in [0.05, 0.1) is 12.1 Å². The summed E-state index contributed by atoms with van der Waals surface area (Å²) in [5.74, 6) is -2.97. The lowest BCUT2D eigenvalue weighted by atomic mass is 10.1. The highest BCUT2D eigenvalue weighted by Crippen LogP contribution is 2.16. The molecular formula is C8H7F2NO2. The fourth-order valence-electron chi connectivity index (χ4n) is 0.911. The Bertz CT molecular complexity index is 352. The van der Waals surface area contributed by atoms with E-state index < -0.39 is 24.0 Å². The molecule has 3 N–H and O–H groups in total. The highest BCUT2D eigenvalue weighted by Gasteiger charge is 2.10. The zero-order chi connectivity index (χ0) is 10.0. The molecule has 0 fully saturated rings. The summed E-state index contributed by atoms with van der Waals surface area (Å²) in [6, 6.07) is 1.56. The fourth-order valence-corrected chi connectivity index (χ4v) is 0.911. The largest absolute Gasteiger partial charge is 0.481 e. The summed E-state index contributed by atoms with van der Waals surface area (Å²) in [4.78, 5) is 10.2. The van der Waals surface area contributed by atoms with Crippen molar-refractivity contribution in [3.05, 3.63) is 29.3 Å². The summed E-state index contributed by atoms with van der Waals surface area (Å²) in [7, 11) is 0.